The summed E-state index contributed by atoms with van der Waals surface area (Å²) in [4.78, 5) is 23.4. The molecule has 22 heavy (non-hydrogen) atoms. The van der Waals surface area contributed by atoms with Crippen LogP contribution >= 0.6 is 0 Å². The predicted octanol–water partition coefficient (Wildman–Crippen LogP) is 1.77. The number of anilines is 1. The number of carbonyl (C=O) groups excluding carboxylic acids is 2. The highest BCUT2D eigenvalue weighted by atomic mass is 16.2. The SMILES string of the molecule is CNC(=O)c1cccc(NCC(=O)NCc2ccccc2)c1. The molecule has 3 N–H and O–H groups in total. The summed E-state index contributed by atoms with van der Waals surface area (Å²) in [5.74, 6) is -0.258. The van der Waals surface area contributed by atoms with E-state index in [9.17, 15) is 9.59 Å². The van der Waals surface area contributed by atoms with Crippen molar-refractivity contribution < 1.29 is 9.59 Å². The number of benzene rings is 2. The van der Waals surface area contributed by atoms with Gasteiger partial charge in [-0.3, -0.25) is 9.59 Å². The minimum absolute atomic E-state index is 0.103. The van der Waals surface area contributed by atoms with Crippen LogP contribution in [-0.2, 0) is 11.3 Å². The van der Waals surface area contributed by atoms with Crippen LogP contribution in [0.2, 0.25) is 0 Å². The second-order valence-corrected chi connectivity index (χ2v) is 4.78. The van der Waals surface area contributed by atoms with Gasteiger partial charge in [-0.2, -0.15) is 0 Å². The van der Waals surface area contributed by atoms with Crippen LogP contribution in [0.25, 0.3) is 0 Å². The van der Waals surface area contributed by atoms with Crippen molar-refractivity contribution in [2.75, 3.05) is 18.9 Å². The highest BCUT2D eigenvalue weighted by Crippen LogP contribution is 2.10. The molecule has 2 aromatic carbocycles. The quantitative estimate of drug-likeness (QED) is 0.761. The Morgan fingerprint density at radius 1 is 1.00 bits per heavy atom. The lowest BCUT2D eigenvalue weighted by Crippen LogP contribution is -2.29. The lowest BCUT2D eigenvalue weighted by molar-refractivity contribution is -0.119. The Labute approximate surface area is 129 Å². The second-order valence-electron chi connectivity index (χ2n) is 4.78. The van der Waals surface area contributed by atoms with Crippen molar-refractivity contribution in [3.05, 3.63) is 65.7 Å². The van der Waals surface area contributed by atoms with Crippen molar-refractivity contribution in [3.8, 4) is 0 Å². The maximum Gasteiger partial charge on any atom is 0.251 e. The van der Waals surface area contributed by atoms with E-state index in [1.807, 2.05) is 36.4 Å². The summed E-state index contributed by atoms with van der Waals surface area (Å²) in [6, 6.07) is 16.7. The zero-order valence-corrected chi connectivity index (χ0v) is 12.4. The van der Waals surface area contributed by atoms with E-state index in [0.29, 0.717) is 12.1 Å². The average molecular weight is 297 g/mol. The van der Waals surface area contributed by atoms with Crippen LogP contribution in [0, 0.1) is 0 Å². The molecular weight excluding hydrogens is 278 g/mol. The highest BCUT2D eigenvalue weighted by Gasteiger charge is 2.05. The molecule has 0 aromatic heterocycles. The van der Waals surface area contributed by atoms with Gasteiger partial charge in [-0.25, -0.2) is 0 Å². The van der Waals surface area contributed by atoms with Gasteiger partial charge in [0, 0.05) is 24.8 Å². The summed E-state index contributed by atoms with van der Waals surface area (Å²) in [7, 11) is 1.58. The largest absolute Gasteiger partial charge is 0.376 e. The smallest absolute Gasteiger partial charge is 0.251 e. The fourth-order valence-corrected chi connectivity index (χ4v) is 1.96. The molecule has 2 rings (SSSR count). The van der Waals surface area contributed by atoms with Crippen LogP contribution in [-0.4, -0.2) is 25.4 Å². The van der Waals surface area contributed by atoms with Crippen molar-refractivity contribution in [2.45, 2.75) is 6.54 Å². The monoisotopic (exact) mass is 297 g/mol. The molecule has 2 amide bonds. The van der Waals surface area contributed by atoms with Gasteiger partial charge in [-0.1, -0.05) is 36.4 Å². The van der Waals surface area contributed by atoms with Crippen molar-refractivity contribution in [3.63, 3.8) is 0 Å². The Morgan fingerprint density at radius 3 is 2.50 bits per heavy atom. The number of amides is 2. The van der Waals surface area contributed by atoms with E-state index in [-0.39, 0.29) is 18.4 Å². The lowest BCUT2D eigenvalue weighted by Gasteiger charge is -2.09. The van der Waals surface area contributed by atoms with E-state index in [2.05, 4.69) is 16.0 Å². The molecule has 0 heterocycles. The first-order chi connectivity index (χ1) is 10.7. The Balaban J connectivity index is 1.82. The molecule has 0 atom stereocenters. The third kappa shape index (κ3) is 4.63. The Kier molecular flexibility index (Phi) is 5.54. The highest BCUT2D eigenvalue weighted by molar-refractivity contribution is 5.95. The van der Waals surface area contributed by atoms with Gasteiger partial charge in [0.1, 0.15) is 0 Å². The number of hydrogen-bond donors (Lipinski definition) is 3. The summed E-state index contributed by atoms with van der Waals surface area (Å²) in [6.07, 6.45) is 0. The Morgan fingerprint density at radius 2 is 1.77 bits per heavy atom. The summed E-state index contributed by atoms with van der Waals surface area (Å²) in [5, 5.41) is 8.41. The van der Waals surface area contributed by atoms with Gasteiger partial charge in [0.05, 0.1) is 6.54 Å². The van der Waals surface area contributed by atoms with Crippen LogP contribution < -0.4 is 16.0 Å². The van der Waals surface area contributed by atoms with Gasteiger partial charge in [-0.05, 0) is 23.8 Å². The van der Waals surface area contributed by atoms with E-state index in [1.165, 1.54) is 0 Å². The van der Waals surface area contributed by atoms with Gasteiger partial charge in [-0.15, -0.1) is 0 Å². The molecule has 0 aliphatic heterocycles. The first kappa shape index (κ1) is 15.6. The minimum Gasteiger partial charge on any atom is -0.376 e. The summed E-state index contributed by atoms with van der Waals surface area (Å²) in [6.45, 7) is 0.656. The fourth-order valence-electron chi connectivity index (χ4n) is 1.96. The van der Waals surface area contributed by atoms with E-state index in [4.69, 9.17) is 0 Å². The molecule has 0 spiro atoms. The van der Waals surface area contributed by atoms with Crippen molar-refractivity contribution in [1.29, 1.82) is 0 Å². The van der Waals surface area contributed by atoms with Gasteiger partial charge >= 0.3 is 0 Å². The molecule has 0 bridgehead atoms. The zero-order valence-electron chi connectivity index (χ0n) is 12.4. The molecule has 5 nitrogen and oxygen atoms in total. The first-order valence-corrected chi connectivity index (χ1v) is 7.05. The lowest BCUT2D eigenvalue weighted by atomic mass is 10.2. The first-order valence-electron chi connectivity index (χ1n) is 7.05. The number of hydrogen-bond acceptors (Lipinski definition) is 3. The molecule has 0 fully saturated rings. The van der Waals surface area contributed by atoms with E-state index >= 15 is 0 Å². The van der Waals surface area contributed by atoms with Gasteiger partial charge < -0.3 is 16.0 Å². The number of carbonyl (C=O) groups is 2. The molecule has 0 radical (unpaired) electrons. The molecule has 0 aliphatic carbocycles. The molecule has 2 aromatic rings. The molecule has 0 saturated carbocycles. The summed E-state index contributed by atoms with van der Waals surface area (Å²) < 4.78 is 0. The fraction of sp³-hybridized carbons (Fsp3) is 0.176. The normalized spacial score (nSPS) is 9.86. The third-order valence-corrected chi connectivity index (χ3v) is 3.14. The maximum atomic E-state index is 11.8. The molecule has 0 unspecified atom stereocenters. The summed E-state index contributed by atoms with van der Waals surface area (Å²) in [5.41, 5.74) is 2.34. The van der Waals surface area contributed by atoms with Crippen molar-refractivity contribution in [2.24, 2.45) is 0 Å². The molecule has 0 aliphatic rings. The number of nitrogens with one attached hydrogen (secondary N) is 3. The maximum absolute atomic E-state index is 11.8. The second kappa shape index (κ2) is 7.83. The standard InChI is InChI=1S/C17H19N3O2/c1-18-17(22)14-8-5-9-15(10-14)19-12-16(21)20-11-13-6-3-2-4-7-13/h2-10,19H,11-12H2,1H3,(H,18,22)(H,20,21). The van der Waals surface area contributed by atoms with Crippen molar-refractivity contribution in [1.82, 2.24) is 10.6 Å². The Bertz CT molecular complexity index is 641. The molecule has 114 valence electrons. The molecule has 5 heteroatoms. The average Bonchev–Trinajstić information content (AvgIpc) is 2.58. The van der Waals surface area contributed by atoms with E-state index in [0.717, 1.165) is 11.3 Å². The molecular formula is C17H19N3O2. The Hall–Kier alpha value is -2.82. The van der Waals surface area contributed by atoms with Crippen molar-refractivity contribution >= 4 is 17.5 Å². The van der Waals surface area contributed by atoms with E-state index < -0.39 is 0 Å². The topological polar surface area (TPSA) is 70.2 Å². The molecule has 0 saturated heterocycles. The third-order valence-electron chi connectivity index (χ3n) is 3.14. The number of rotatable bonds is 6. The predicted molar refractivity (Wildman–Crippen MR) is 86.6 cm³/mol. The zero-order chi connectivity index (χ0) is 15.8. The van der Waals surface area contributed by atoms with Gasteiger partial charge in [0.25, 0.3) is 5.91 Å². The summed E-state index contributed by atoms with van der Waals surface area (Å²) >= 11 is 0. The van der Waals surface area contributed by atoms with Crippen LogP contribution in [0.5, 0.6) is 0 Å². The van der Waals surface area contributed by atoms with Gasteiger partial charge in [0.2, 0.25) is 5.91 Å². The van der Waals surface area contributed by atoms with Crippen LogP contribution in [0.15, 0.2) is 54.6 Å². The van der Waals surface area contributed by atoms with Crippen LogP contribution in [0.1, 0.15) is 15.9 Å². The van der Waals surface area contributed by atoms with Crippen LogP contribution in [0.3, 0.4) is 0 Å². The van der Waals surface area contributed by atoms with E-state index in [1.54, 1.807) is 25.2 Å². The van der Waals surface area contributed by atoms with Crippen LogP contribution in [0.4, 0.5) is 5.69 Å². The minimum atomic E-state index is -0.155. The van der Waals surface area contributed by atoms with Gasteiger partial charge in [0.15, 0.2) is 0 Å².